The van der Waals surface area contributed by atoms with E-state index >= 15 is 0 Å². The Balaban J connectivity index is 1.61. The van der Waals surface area contributed by atoms with Crippen LogP contribution in [0, 0.1) is 0 Å². The van der Waals surface area contributed by atoms with Gasteiger partial charge < -0.3 is 9.47 Å². The number of imide groups is 1. The fraction of sp³-hybridized carbons (Fsp3) is 0.238. The Labute approximate surface area is 162 Å². The Kier molecular flexibility index (Phi) is 7.90. The lowest BCUT2D eigenvalue weighted by atomic mass is 10.1. The molecule has 0 radical (unpaired) electrons. The van der Waals surface area contributed by atoms with Gasteiger partial charge in [-0.25, -0.2) is 0 Å². The van der Waals surface area contributed by atoms with Crippen LogP contribution in [0.5, 0.6) is 5.75 Å². The summed E-state index contributed by atoms with van der Waals surface area (Å²) in [6, 6.07) is 15.0. The minimum Gasteiger partial charge on any atom is -0.494 e. The molecule has 2 rings (SSSR count). The lowest BCUT2D eigenvalue weighted by molar-refractivity contribution is -0.148. The summed E-state index contributed by atoms with van der Waals surface area (Å²) in [7, 11) is 0. The van der Waals surface area contributed by atoms with Crippen LogP contribution in [-0.4, -0.2) is 36.8 Å². The van der Waals surface area contributed by atoms with Crippen LogP contribution in [0.2, 0.25) is 0 Å². The highest BCUT2D eigenvalue weighted by Gasteiger charge is 2.12. The maximum Gasteiger partial charge on any atom is 0.306 e. The number of rotatable bonds is 9. The van der Waals surface area contributed by atoms with E-state index in [9.17, 15) is 19.2 Å². The summed E-state index contributed by atoms with van der Waals surface area (Å²) in [5.74, 6) is -1.23. The van der Waals surface area contributed by atoms with Gasteiger partial charge in [-0.2, -0.15) is 0 Å². The summed E-state index contributed by atoms with van der Waals surface area (Å²) in [6.07, 6.45) is 0.475. The Bertz CT molecular complexity index is 830. The molecule has 0 aliphatic carbocycles. The van der Waals surface area contributed by atoms with Crippen molar-refractivity contribution in [3.05, 3.63) is 65.7 Å². The summed E-state index contributed by atoms with van der Waals surface area (Å²) >= 11 is 0. The van der Waals surface area contributed by atoms with Crippen molar-refractivity contribution >= 4 is 23.6 Å². The van der Waals surface area contributed by atoms with Crippen molar-refractivity contribution in [1.82, 2.24) is 5.32 Å². The molecule has 0 heterocycles. The average Bonchev–Trinajstić information content (AvgIpc) is 2.70. The third kappa shape index (κ3) is 7.03. The number of hydrogen-bond acceptors (Lipinski definition) is 6. The third-order valence-corrected chi connectivity index (χ3v) is 3.71. The number of carbonyl (C=O) groups excluding carboxylic acids is 4. The van der Waals surface area contributed by atoms with Gasteiger partial charge >= 0.3 is 5.97 Å². The van der Waals surface area contributed by atoms with Gasteiger partial charge in [0.15, 0.2) is 12.4 Å². The quantitative estimate of drug-likeness (QED) is 0.406. The van der Waals surface area contributed by atoms with Gasteiger partial charge in [-0.05, 0) is 49.7 Å². The van der Waals surface area contributed by atoms with Gasteiger partial charge in [0.2, 0.25) is 0 Å². The molecule has 2 amide bonds. The second kappa shape index (κ2) is 10.6. The molecule has 1 N–H and O–H groups in total. The van der Waals surface area contributed by atoms with Crippen LogP contribution in [-0.2, 0) is 14.3 Å². The van der Waals surface area contributed by atoms with Crippen LogP contribution in [0.4, 0.5) is 0 Å². The van der Waals surface area contributed by atoms with Gasteiger partial charge in [0.25, 0.3) is 11.8 Å². The first-order chi connectivity index (χ1) is 13.5. The summed E-state index contributed by atoms with van der Waals surface area (Å²) < 4.78 is 10.3. The van der Waals surface area contributed by atoms with Gasteiger partial charge in [0.1, 0.15) is 5.75 Å². The van der Waals surface area contributed by atoms with Crippen LogP contribution in [0.25, 0.3) is 0 Å². The molecule has 146 valence electrons. The van der Waals surface area contributed by atoms with E-state index < -0.39 is 24.4 Å². The molecule has 0 aliphatic rings. The fourth-order valence-corrected chi connectivity index (χ4v) is 2.24. The molecule has 0 fully saturated rings. The van der Waals surface area contributed by atoms with Crippen molar-refractivity contribution in [1.29, 1.82) is 0 Å². The SMILES string of the molecule is CC(=O)c1ccc(OCCCC(=O)OCC(=O)NC(=O)c2ccccc2)cc1. The number of esters is 1. The Morgan fingerprint density at radius 3 is 2.21 bits per heavy atom. The predicted octanol–water partition coefficient (Wildman–Crippen LogP) is 2.55. The van der Waals surface area contributed by atoms with Crippen molar-refractivity contribution in [2.24, 2.45) is 0 Å². The van der Waals surface area contributed by atoms with E-state index in [0.29, 0.717) is 23.3 Å². The topological polar surface area (TPSA) is 98.8 Å². The molecular weight excluding hydrogens is 362 g/mol. The number of amides is 2. The van der Waals surface area contributed by atoms with Crippen molar-refractivity contribution in [3.63, 3.8) is 0 Å². The second-order valence-corrected chi connectivity index (χ2v) is 5.94. The minimum absolute atomic E-state index is 0.0243. The largest absolute Gasteiger partial charge is 0.494 e. The van der Waals surface area contributed by atoms with E-state index in [1.165, 1.54) is 6.92 Å². The molecule has 2 aromatic carbocycles. The molecule has 7 heteroatoms. The summed E-state index contributed by atoms with van der Waals surface area (Å²) in [5.41, 5.74) is 0.940. The molecule has 0 saturated carbocycles. The zero-order chi connectivity index (χ0) is 20.4. The monoisotopic (exact) mass is 383 g/mol. The molecule has 0 saturated heterocycles. The normalized spacial score (nSPS) is 10.0. The Hall–Kier alpha value is -3.48. The van der Waals surface area contributed by atoms with E-state index in [1.807, 2.05) is 0 Å². The maximum absolute atomic E-state index is 11.8. The highest BCUT2D eigenvalue weighted by molar-refractivity contribution is 6.05. The molecule has 0 spiro atoms. The number of Topliss-reactive ketones (excluding diaryl/α,β-unsaturated/α-hetero) is 1. The standard InChI is InChI=1S/C21H21NO6/c1-15(23)16-9-11-18(12-10-16)27-13-5-8-20(25)28-14-19(24)22-21(26)17-6-3-2-4-7-17/h2-4,6-7,9-12H,5,8,13-14H2,1H3,(H,22,24,26). The zero-order valence-electron chi connectivity index (χ0n) is 15.5. The Morgan fingerprint density at radius 2 is 1.57 bits per heavy atom. The third-order valence-electron chi connectivity index (χ3n) is 3.71. The van der Waals surface area contributed by atoms with Gasteiger partial charge in [-0.15, -0.1) is 0 Å². The molecular formula is C21H21NO6. The predicted molar refractivity (Wildman–Crippen MR) is 101 cm³/mol. The number of hydrogen-bond donors (Lipinski definition) is 1. The zero-order valence-corrected chi connectivity index (χ0v) is 15.5. The fourth-order valence-electron chi connectivity index (χ4n) is 2.24. The van der Waals surface area contributed by atoms with Crippen LogP contribution in [0.3, 0.4) is 0 Å². The number of ketones is 1. The summed E-state index contributed by atoms with van der Waals surface area (Å²) in [5, 5.41) is 2.15. The Morgan fingerprint density at radius 1 is 0.893 bits per heavy atom. The average molecular weight is 383 g/mol. The smallest absolute Gasteiger partial charge is 0.306 e. The van der Waals surface area contributed by atoms with Crippen molar-refractivity contribution in [2.75, 3.05) is 13.2 Å². The van der Waals surface area contributed by atoms with Crippen LogP contribution >= 0.6 is 0 Å². The van der Waals surface area contributed by atoms with E-state index in [1.54, 1.807) is 54.6 Å². The highest BCUT2D eigenvalue weighted by Crippen LogP contribution is 2.13. The summed E-state index contributed by atoms with van der Waals surface area (Å²) in [4.78, 5) is 46.3. The van der Waals surface area contributed by atoms with Crippen molar-refractivity contribution < 1.29 is 28.7 Å². The first-order valence-corrected chi connectivity index (χ1v) is 8.74. The minimum atomic E-state index is -0.691. The molecule has 0 aromatic heterocycles. The molecule has 0 aliphatic heterocycles. The van der Waals surface area contributed by atoms with Gasteiger partial charge in [-0.3, -0.25) is 24.5 Å². The first kappa shape index (κ1) is 20.8. The van der Waals surface area contributed by atoms with Gasteiger partial charge in [-0.1, -0.05) is 18.2 Å². The van der Waals surface area contributed by atoms with E-state index in [0.717, 1.165) is 0 Å². The molecule has 2 aromatic rings. The van der Waals surface area contributed by atoms with Gasteiger partial charge in [0, 0.05) is 17.5 Å². The molecule has 0 unspecified atom stereocenters. The maximum atomic E-state index is 11.8. The molecule has 7 nitrogen and oxygen atoms in total. The van der Waals surface area contributed by atoms with Crippen molar-refractivity contribution in [2.45, 2.75) is 19.8 Å². The molecule has 0 bridgehead atoms. The lowest BCUT2D eigenvalue weighted by Crippen LogP contribution is -2.34. The van der Waals surface area contributed by atoms with E-state index in [2.05, 4.69) is 5.32 Å². The second-order valence-electron chi connectivity index (χ2n) is 5.94. The lowest BCUT2D eigenvalue weighted by Gasteiger charge is -2.07. The first-order valence-electron chi connectivity index (χ1n) is 8.74. The number of carbonyl (C=O) groups is 4. The van der Waals surface area contributed by atoms with Gasteiger partial charge in [0.05, 0.1) is 6.61 Å². The summed E-state index contributed by atoms with van der Waals surface area (Å²) in [6.45, 7) is 1.25. The number of benzene rings is 2. The van der Waals surface area contributed by atoms with Crippen LogP contribution in [0.15, 0.2) is 54.6 Å². The van der Waals surface area contributed by atoms with E-state index in [4.69, 9.17) is 9.47 Å². The van der Waals surface area contributed by atoms with Crippen molar-refractivity contribution in [3.8, 4) is 5.75 Å². The van der Waals surface area contributed by atoms with Crippen LogP contribution < -0.4 is 10.1 Å². The number of ether oxygens (including phenoxy) is 2. The molecule has 28 heavy (non-hydrogen) atoms. The highest BCUT2D eigenvalue weighted by atomic mass is 16.5. The van der Waals surface area contributed by atoms with E-state index in [-0.39, 0.29) is 18.8 Å². The number of nitrogens with one attached hydrogen (secondary N) is 1. The molecule has 0 atom stereocenters. The van der Waals surface area contributed by atoms with Crippen LogP contribution in [0.1, 0.15) is 40.5 Å².